The van der Waals surface area contributed by atoms with Crippen molar-refractivity contribution in [1.29, 1.82) is 0 Å². The van der Waals surface area contributed by atoms with Gasteiger partial charge in [-0.1, -0.05) is 63.3 Å². The van der Waals surface area contributed by atoms with Crippen LogP contribution in [0.3, 0.4) is 0 Å². The Morgan fingerprint density at radius 3 is 2.32 bits per heavy atom. The fourth-order valence-electron chi connectivity index (χ4n) is 4.04. The molecule has 1 aliphatic heterocycles. The summed E-state index contributed by atoms with van der Waals surface area (Å²) in [6.07, 6.45) is 8.75. The molecular formula is C27H35N3O3S. The lowest BCUT2D eigenvalue weighted by Gasteiger charge is -2.22. The first-order valence-electron chi connectivity index (χ1n) is 12.3. The fraction of sp³-hybridized carbons (Fsp3) is 0.444. The lowest BCUT2D eigenvalue weighted by Crippen LogP contribution is -2.36. The molecule has 6 nitrogen and oxygen atoms in total. The van der Waals surface area contributed by atoms with E-state index in [4.69, 9.17) is 17.0 Å². The second-order valence-electron chi connectivity index (χ2n) is 8.57. The zero-order valence-corrected chi connectivity index (χ0v) is 20.8. The number of unbranched alkanes of at least 4 members (excludes halogenated alkanes) is 3. The number of carbonyl (C=O) groups excluding carboxylic acids is 2. The second kappa shape index (κ2) is 13.7. The van der Waals surface area contributed by atoms with Crippen molar-refractivity contribution >= 4 is 34.8 Å². The molecule has 1 fully saturated rings. The minimum Gasteiger partial charge on any atom is -0.493 e. The van der Waals surface area contributed by atoms with Crippen molar-refractivity contribution < 1.29 is 14.3 Å². The summed E-state index contributed by atoms with van der Waals surface area (Å²) in [5, 5.41) is 5.91. The van der Waals surface area contributed by atoms with E-state index >= 15 is 0 Å². The third-order valence-electron chi connectivity index (χ3n) is 5.91. The molecule has 182 valence electrons. The van der Waals surface area contributed by atoms with Crippen molar-refractivity contribution in [3.63, 3.8) is 0 Å². The number of ether oxygens (including phenoxy) is 1. The Balaban J connectivity index is 1.62. The van der Waals surface area contributed by atoms with Crippen molar-refractivity contribution in [3.05, 3.63) is 59.7 Å². The quantitative estimate of drug-likeness (QED) is 0.350. The van der Waals surface area contributed by atoms with E-state index in [9.17, 15) is 9.59 Å². The van der Waals surface area contributed by atoms with Crippen molar-refractivity contribution in [2.75, 3.05) is 25.0 Å². The first kappa shape index (κ1) is 25.7. The number of hydrogen-bond acceptors (Lipinski definition) is 4. The van der Waals surface area contributed by atoms with Crippen molar-refractivity contribution in [2.24, 2.45) is 0 Å². The van der Waals surface area contributed by atoms with Crippen LogP contribution in [-0.2, 0) is 0 Å². The van der Waals surface area contributed by atoms with E-state index in [-0.39, 0.29) is 16.9 Å². The highest BCUT2D eigenvalue weighted by Crippen LogP contribution is 2.21. The zero-order chi connectivity index (χ0) is 24.2. The van der Waals surface area contributed by atoms with Crippen LogP contribution in [0.1, 0.15) is 79.0 Å². The lowest BCUT2D eigenvalue weighted by atomic mass is 10.1. The SMILES string of the molecule is CCCCCCOc1ccccc1C(=O)NC(=S)Nc1ccccc1C(=O)N1CCCCCC1. The standard InChI is InChI=1S/C27H35N3O3S/c1-2-3-4-13-20-33-24-17-10-8-15-22(24)25(31)29-27(34)28-23-16-9-7-14-21(23)26(32)30-18-11-5-6-12-19-30/h7-10,14-17H,2-6,11-13,18-20H2,1H3,(H2,28,29,31,34). The molecule has 2 N–H and O–H groups in total. The van der Waals surface area contributed by atoms with Crippen LogP contribution in [0.15, 0.2) is 48.5 Å². The van der Waals surface area contributed by atoms with Gasteiger partial charge >= 0.3 is 0 Å². The molecule has 0 unspecified atom stereocenters. The minimum atomic E-state index is -0.349. The number of thiocarbonyl (C=S) groups is 1. The van der Waals surface area contributed by atoms with Gasteiger partial charge in [-0.2, -0.15) is 0 Å². The van der Waals surface area contributed by atoms with E-state index in [0.29, 0.717) is 29.2 Å². The van der Waals surface area contributed by atoms with E-state index in [1.165, 1.54) is 6.42 Å². The number of nitrogens with zero attached hydrogens (tertiary/aromatic N) is 1. The molecule has 3 rings (SSSR count). The van der Waals surface area contributed by atoms with Crippen LogP contribution in [0, 0.1) is 0 Å². The number of benzene rings is 2. The number of likely N-dealkylation sites (tertiary alicyclic amines) is 1. The van der Waals surface area contributed by atoms with Gasteiger partial charge in [0.2, 0.25) is 0 Å². The molecule has 1 heterocycles. The van der Waals surface area contributed by atoms with E-state index in [0.717, 1.165) is 58.0 Å². The lowest BCUT2D eigenvalue weighted by molar-refractivity contribution is 0.0762. The number of hydrogen-bond donors (Lipinski definition) is 2. The molecule has 0 bridgehead atoms. The zero-order valence-electron chi connectivity index (χ0n) is 20.0. The number of anilines is 1. The first-order chi connectivity index (χ1) is 16.6. The van der Waals surface area contributed by atoms with Gasteiger partial charge in [-0.3, -0.25) is 14.9 Å². The Labute approximate surface area is 208 Å². The molecule has 2 aromatic rings. The summed E-state index contributed by atoms with van der Waals surface area (Å²) in [6.45, 7) is 4.27. The minimum absolute atomic E-state index is 0.0130. The maximum atomic E-state index is 13.1. The largest absolute Gasteiger partial charge is 0.493 e. The Morgan fingerprint density at radius 2 is 1.59 bits per heavy atom. The first-order valence-corrected chi connectivity index (χ1v) is 12.7. The summed E-state index contributed by atoms with van der Waals surface area (Å²) < 4.78 is 5.86. The van der Waals surface area contributed by atoms with Crippen LogP contribution in [0.2, 0.25) is 0 Å². The van der Waals surface area contributed by atoms with Gasteiger partial charge in [0.15, 0.2) is 5.11 Å². The molecular weight excluding hydrogens is 446 g/mol. The summed E-state index contributed by atoms with van der Waals surface area (Å²) >= 11 is 5.41. The van der Waals surface area contributed by atoms with Gasteiger partial charge in [0, 0.05) is 13.1 Å². The monoisotopic (exact) mass is 481 g/mol. The summed E-state index contributed by atoms with van der Waals surface area (Å²) in [4.78, 5) is 28.0. The van der Waals surface area contributed by atoms with Crippen molar-refractivity contribution in [2.45, 2.75) is 58.3 Å². The average Bonchev–Trinajstić information content (AvgIpc) is 3.14. The molecule has 0 atom stereocenters. The molecule has 7 heteroatoms. The summed E-state index contributed by atoms with van der Waals surface area (Å²) in [5.41, 5.74) is 1.57. The summed E-state index contributed by atoms with van der Waals surface area (Å²) in [7, 11) is 0. The highest BCUT2D eigenvalue weighted by molar-refractivity contribution is 7.80. The molecule has 34 heavy (non-hydrogen) atoms. The van der Waals surface area contributed by atoms with Crippen molar-refractivity contribution in [3.8, 4) is 5.75 Å². The molecule has 0 spiro atoms. The maximum Gasteiger partial charge on any atom is 0.261 e. The van der Waals surface area contributed by atoms with Gasteiger partial charge in [0.25, 0.3) is 11.8 Å². The molecule has 0 saturated carbocycles. The molecule has 0 radical (unpaired) electrons. The van der Waals surface area contributed by atoms with E-state index in [2.05, 4.69) is 17.6 Å². The maximum absolute atomic E-state index is 13.1. The van der Waals surface area contributed by atoms with Crippen LogP contribution >= 0.6 is 12.2 Å². The third-order valence-corrected chi connectivity index (χ3v) is 6.12. The van der Waals surface area contributed by atoms with Gasteiger partial charge in [-0.25, -0.2) is 0 Å². The normalized spacial score (nSPS) is 13.6. The van der Waals surface area contributed by atoms with Gasteiger partial charge in [0.1, 0.15) is 5.75 Å². The van der Waals surface area contributed by atoms with Gasteiger partial charge < -0.3 is 15.0 Å². The van der Waals surface area contributed by atoms with E-state index in [1.807, 2.05) is 23.1 Å². The predicted molar refractivity (Wildman–Crippen MR) is 141 cm³/mol. The Bertz CT molecular complexity index is 971. The predicted octanol–water partition coefficient (Wildman–Crippen LogP) is 5.79. The molecule has 2 amide bonds. The summed E-state index contributed by atoms with van der Waals surface area (Å²) in [6, 6.07) is 14.4. The smallest absolute Gasteiger partial charge is 0.261 e. The highest BCUT2D eigenvalue weighted by Gasteiger charge is 2.21. The van der Waals surface area contributed by atoms with Crippen LogP contribution in [0.4, 0.5) is 5.69 Å². The van der Waals surface area contributed by atoms with Gasteiger partial charge in [-0.05, 0) is 55.7 Å². The van der Waals surface area contributed by atoms with Crippen molar-refractivity contribution in [1.82, 2.24) is 10.2 Å². The van der Waals surface area contributed by atoms with Crippen LogP contribution in [-0.4, -0.2) is 41.5 Å². The van der Waals surface area contributed by atoms with Crippen LogP contribution in [0.25, 0.3) is 0 Å². The Kier molecular flexibility index (Phi) is 10.3. The third kappa shape index (κ3) is 7.55. The second-order valence-corrected chi connectivity index (χ2v) is 8.97. The summed E-state index contributed by atoms with van der Waals surface area (Å²) in [5.74, 6) is 0.176. The van der Waals surface area contributed by atoms with Gasteiger partial charge in [-0.15, -0.1) is 0 Å². The van der Waals surface area contributed by atoms with Gasteiger partial charge in [0.05, 0.1) is 23.4 Å². The number of nitrogens with one attached hydrogen (secondary N) is 2. The number of carbonyl (C=O) groups is 2. The van der Waals surface area contributed by atoms with Crippen LogP contribution < -0.4 is 15.4 Å². The van der Waals surface area contributed by atoms with Crippen LogP contribution in [0.5, 0.6) is 5.75 Å². The highest BCUT2D eigenvalue weighted by atomic mass is 32.1. The number of rotatable bonds is 9. The number of amides is 2. The topological polar surface area (TPSA) is 70.7 Å². The number of para-hydroxylation sites is 2. The Morgan fingerprint density at radius 1 is 0.912 bits per heavy atom. The average molecular weight is 482 g/mol. The van der Waals surface area contributed by atoms with E-state index in [1.54, 1.807) is 30.3 Å². The molecule has 1 saturated heterocycles. The van der Waals surface area contributed by atoms with E-state index < -0.39 is 0 Å². The molecule has 2 aromatic carbocycles. The Hall–Kier alpha value is -2.93. The fourth-order valence-corrected chi connectivity index (χ4v) is 4.24. The molecule has 0 aromatic heterocycles. The molecule has 0 aliphatic carbocycles. The molecule has 1 aliphatic rings.